The molecule has 0 unspecified atom stereocenters. The van der Waals surface area contributed by atoms with Crippen LogP contribution in [0.2, 0.25) is 0 Å². The molecular weight excluding hydrogens is 226 g/mol. The summed E-state index contributed by atoms with van der Waals surface area (Å²) in [6.07, 6.45) is 3.93. The summed E-state index contributed by atoms with van der Waals surface area (Å²) in [5, 5.41) is 0. The Hall–Kier alpha value is -1.29. The molecule has 0 aliphatic heterocycles. The second-order valence-electron chi connectivity index (χ2n) is 4.57. The maximum absolute atomic E-state index is 5.76. The summed E-state index contributed by atoms with van der Waals surface area (Å²) in [4.78, 5) is 6.82. The summed E-state index contributed by atoms with van der Waals surface area (Å²) in [5.74, 6) is 1.02. The van der Waals surface area contributed by atoms with Crippen molar-refractivity contribution in [2.45, 2.75) is 39.7 Å². The molecule has 1 aromatic rings. The van der Waals surface area contributed by atoms with Gasteiger partial charge in [0.1, 0.15) is 5.82 Å². The molecule has 102 valence electrons. The highest BCUT2D eigenvalue weighted by Gasteiger charge is 2.18. The van der Waals surface area contributed by atoms with Crippen molar-refractivity contribution >= 4 is 11.5 Å². The third-order valence-electron chi connectivity index (χ3n) is 3.26. The van der Waals surface area contributed by atoms with Crippen LogP contribution in [-0.2, 0) is 4.74 Å². The van der Waals surface area contributed by atoms with E-state index in [1.807, 2.05) is 6.07 Å². The Morgan fingerprint density at radius 1 is 1.39 bits per heavy atom. The first-order chi connectivity index (χ1) is 8.63. The Morgan fingerprint density at radius 2 is 2.06 bits per heavy atom. The van der Waals surface area contributed by atoms with Gasteiger partial charge in [0.2, 0.25) is 0 Å². The molecule has 18 heavy (non-hydrogen) atoms. The number of methoxy groups -OCH3 is 1. The molecule has 0 radical (unpaired) electrons. The molecule has 4 heteroatoms. The fourth-order valence-corrected chi connectivity index (χ4v) is 2.27. The van der Waals surface area contributed by atoms with E-state index in [9.17, 15) is 0 Å². The SMILES string of the molecule is CCC(CC)N(CCOC)c1ncc(N)cc1C. The summed E-state index contributed by atoms with van der Waals surface area (Å²) in [7, 11) is 1.73. The number of anilines is 2. The zero-order valence-corrected chi connectivity index (χ0v) is 11.9. The summed E-state index contributed by atoms with van der Waals surface area (Å²) in [5.41, 5.74) is 7.60. The van der Waals surface area contributed by atoms with E-state index in [-0.39, 0.29) is 0 Å². The normalized spacial score (nSPS) is 10.9. The van der Waals surface area contributed by atoms with Gasteiger partial charge in [0.05, 0.1) is 18.5 Å². The topological polar surface area (TPSA) is 51.4 Å². The van der Waals surface area contributed by atoms with Crippen LogP contribution in [0.3, 0.4) is 0 Å². The zero-order valence-electron chi connectivity index (χ0n) is 11.9. The van der Waals surface area contributed by atoms with Crippen LogP contribution in [0.25, 0.3) is 0 Å². The number of hydrogen-bond acceptors (Lipinski definition) is 4. The van der Waals surface area contributed by atoms with Crippen LogP contribution in [0.5, 0.6) is 0 Å². The molecule has 1 heterocycles. The molecule has 0 bridgehead atoms. The first kappa shape index (κ1) is 14.8. The van der Waals surface area contributed by atoms with Gasteiger partial charge >= 0.3 is 0 Å². The van der Waals surface area contributed by atoms with Crippen LogP contribution >= 0.6 is 0 Å². The van der Waals surface area contributed by atoms with Crippen molar-refractivity contribution in [1.29, 1.82) is 0 Å². The minimum Gasteiger partial charge on any atom is -0.397 e. The highest BCUT2D eigenvalue weighted by Crippen LogP contribution is 2.23. The molecule has 0 fully saturated rings. The van der Waals surface area contributed by atoms with Gasteiger partial charge in [-0.3, -0.25) is 0 Å². The van der Waals surface area contributed by atoms with E-state index in [1.165, 1.54) is 0 Å². The highest BCUT2D eigenvalue weighted by molar-refractivity contribution is 5.53. The largest absolute Gasteiger partial charge is 0.397 e. The van der Waals surface area contributed by atoms with E-state index in [0.717, 1.165) is 30.8 Å². The van der Waals surface area contributed by atoms with Crippen molar-refractivity contribution in [2.75, 3.05) is 30.9 Å². The van der Waals surface area contributed by atoms with Crippen molar-refractivity contribution in [2.24, 2.45) is 0 Å². The summed E-state index contributed by atoms with van der Waals surface area (Å²) < 4.78 is 5.20. The number of hydrogen-bond donors (Lipinski definition) is 1. The predicted octanol–water partition coefficient (Wildman–Crippen LogP) is 2.61. The first-order valence-electron chi connectivity index (χ1n) is 6.61. The van der Waals surface area contributed by atoms with Gasteiger partial charge in [-0.15, -0.1) is 0 Å². The number of nitrogens with zero attached hydrogens (tertiary/aromatic N) is 2. The predicted molar refractivity (Wildman–Crippen MR) is 77.0 cm³/mol. The molecule has 1 aromatic heterocycles. The lowest BCUT2D eigenvalue weighted by molar-refractivity contribution is 0.202. The van der Waals surface area contributed by atoms with Gasteiger partial charge in [0, 0.05) is 19.7 Å². The molecule has 4 nitrogen and oxygen atoms in total. The van der Waals surface area contributed by atoms with Gasteiger partial charge in [0.25, 0.3) is 0 Å². The van der Waals surface area contributed by atoms with Gasteiger partial charge in [-0.2, -0.15) is 0 Å². The summed E-state index contributed by atoms with van der Waals surface area (Å²) >= 11 is 0. The van der Waals surface area contributed by atoms with Crippen LogP contribution < -0.4 is 10.6 Å². The molecule has 0 aliphatic carbocycles. The van der Waals surface area contributed by atoms with Crippen molar-refractivity contribution in [3.8, 4) is 0 Å². The smallest absolute Gasteiger partial charge is 0.131 e. The second-order valence-corrected chi connectivity index (χ2v) is 4.57. The zero-order chi connectivity index (χ0) is 13.5. The minimum absolute atomic E-state index is 0.495. The van der Waals surface area contributed by atoms with Crippen molar-refractivity contribution < 1.29 is 4.74 Å². The maximum Gasteiger partial charge on any atom is 0.131 e. The summed E-state index contributed by atoms with van der Waals surface area (Å²) in [6.45, 7) is 8.05. The van der Waals surface area contributed by atoms with Crippen LogP contribution in [0.15, 0.2) is 12.3 Å². The van der Waals surface area contributed by atoms with Crippen LogP contribution in [0.4, 0.5) is 11.5 Å². The molecule has 2 N–H and O–H groups in total. The van der Waals surface area contributed by atoms with Gasteiger partial charge < -0.3 is 15.4 Å². The molecule has 0 amide bonds. The molecule has 0 aromatic carbocycles. The standard InChI is InChI=1S/C14H25N3O/c1-5-13(6-2)17(7-8-18-4)14-11(3)9-12(15)10-16-14/h9-10,13H,5-8,15H2,1-4H3. The molecule has 0 spiro atoms. The number of nitrogens with two attached hydrogens (primary N) is 1. The fourth-order valence-electron chi connectivity index (χ4n) is 2.27. The third-order valence-corrected chi connectivity index (χ3v) is 3.26. The lowest BCUT2D eigenvalue weighted by Crippen LogP contribution is -2.38. The van der Waals surface area contributed by atoms with E-state index in [4.69, 9.17) is 10.5 Å². The second kappa shape index (κ2) is 7.21. The van der Waals surface area contributed by atoms with Gasteiger partial charge in [0.15, 0.2) is 0 Å². The first-order valence-corrected chi connectivity index (χ1v) is 6.61. The Bertz CT molecular complexity index is 364. The van der Waals surface area contributed by atoms with E-state index < -0.39 is 0 Å². The van der Waals surface area contributed by atoms with E-state index >= 15 is 0 Å². The maximum atomic E-state index is 5.76. The van der Waals surface area contributed by atoms with E-state index in [1.54, 1.807) is 13.3 Å². The van der Waals surface area contributed by atoms with Gasteiger partial charge in [-0.1, -0.05) is 13.8 Å². The van der Waals surface area contributed by atoms with Crippen molar-refractivity contribution in [3.63, 3.8) is 0 Å². The average Bonchev–Trinajstić information content (AvgIpc) is 2.35. The monoisotopic (exact) mass is 251 g/mol. The quantitative estimate of drug-likeness (QED) is 0.809. The Labute approximate surface area is 110 Å². The Kier molecular flexibility index (Phi) is 5.92. The van der Waals surface area contributed by atoms with Crippen LogP contribution in [0, 0.1) is 6.92 Å². The van der Waals surface area contributed by atoms with Crippen molar-refractivity contribution in [3.05, 3.63) is 17.8 Å². The molecule has 0 saturated heterocycles. The molecule has 0 saturated carbocycles. The number of aryl methyl sites for hydroxylation is 1. The van der Waals surface area contributed by atoms with Crippen molar-refractivity contribution in [1.82, 2.24) is 4.98 Å². The lowest BCUT2D eigenvalue weighted by Gasteiger charge is -2.32. The number of aromatic nitrogens is 1. The number of pyridine rings is 1. The fraction of sp³-hybridized carbons (Fsp3) is 0.643. The highest BCUT2D eigenvalue weighted by atomic mass is 16.5. The van der Waals surface area contributed by atoms with Crippen LogP contribution in [-0.4, -0.2) is 31.3 Å². The Morgan fingerprint density at radius 3 is 2.56 bits per heavy atom. The number of rotatable bonds is 7. The average molecular weight is 251 g/mol. The van der Waals surface area contributed by atoms with Gasteiger partial charge in [-0.05, 0) is 31.4 Å². The lowest BCUT2D eigenvalue weighted by atomic mass is 10.1. The third kappa shape index (κ3) is 3.60. The molecular formula is C14H25N3O. The van der Waals surface area contributed by atoms with Crippen LogP contribution in [0.1, 0.15) is 32.3 Å². The van der Waals surface area contributed by atoms with Gasteiger partial charge in [-0.25, -0.2) is 4.98 Å². The minimum atomic E-state index is 0.495. The van der Waals surface area contributed by atoms with E-state index in [2.05, 4.69) is 30.7 Å². The number of nitrogen functional groups attached to an aromatic ring is 1. The number of ether oxygens (including phenoxy) is 1. The molecule has 0 aliphatic rings. The molecule has 1 rings (SSSR count). The van der Waals surface area contributed by atoms with E-state index in [0.29, 0.717) is 18.3 Å². The Balaban J connectivity index is 3.00. The summed E-state index contributed by atoms with van der Waals surface area (Å²) in [6, 6.07) is 2.47. The molecule has 0 atom stereocenters.